The van der Waals surface area contributed by atoms with Gasteiger partial charge in [-0.25, -0.2) is 0 Å². The summed E-state index contributed by atoms with van der Waals surface area (Å²) in [5.41, 5.74) is 6.80. The molecular weight excluding hydrogens is 358 g/mol. The molecule has 134 valence electrons. The third-order valence-corrected chi connectivity index (χ3v) is 3.84. The standard InChI is InChI=1S/C18H16ClN3O4/c1-11(12-2-5-14(19)6-3-12)21-22-17(23)9-20-18(24)13-4-7-15-16(8-13)26-10-25-15/h2-8,21H,1,9-10H2,(H,20,24)(H,22,23). The summed E-state index contributed by atoms with van der Waals surface area (Å²) < 4.78 is 10.4. The highest BCUT2D eigenvalue weighted by Crippen LogP contribution is 2.32. The molecule has 0 atom stereocenters. The second-order valence-electron chi connectivity index (χ2n) is 5.41. The molecule has 26 heavy (non-hydrogen) atoms. The van der Waals surface area contributed by atoms with Gasteiger partial charge in [-0.05, 0) is 35.9 Å². The quantitative estimate of drug-likeness (QED) is 0.675. The fourth-order valence-electron chi connectivity index (χ4n) is 2.21. The Morgan fingerprint density at radius 3 is 2.46 bits per heavy atom. The monoisotopic (exact) mass is 373 g/mol. The maximum Gasteiger partial charge on any atom is 0.257 e. The average molecular weight is 374 g/mol. The second kappa shape index (κ2) is 7.79. The number of carbonyl (C=O) groups is 2. The molecule has 0 spiro atoms. The molecule has 2 aromatic carbocycles. The van der Waals surface area contributed by atoms with Crippen LogP contribution in [-0.2, 0) is 4.79 Å². The van der Waals surface area contributed by atoms with E-state index in [1.807, 2.05) is 0 Å². The molecule has 8 heteroatoms. The summed E-state index contributed by atoms with van der Waals surface area (Å²) in [5, 5.41) is 3.13. The molecule has 3 N–H and O–H groups in total. The van der Waals surface area contributed by atoms with Crippen LogP contribution in [0.15, 0.2) is 49.0 Å². The van der Waals surface area contributed by atoms with E-state index in [-0.39, 0.29) is 13.3 Å². The zero-order chi connectivity index (χ0) is 18.5. The summed E-state index contributed by atoms with van der Waals surface area (Å²) in [5.74, 6) is 0.274. The van der Waals surface area contributed by atoms with Gasteiger partial charge >= 0.3 is 0 Å². The Kier molecular flexibility index (Phi) is 5.28. The van der Waals surface area contributed by atoms with Gasteiger partial charge in [0.15, 0.2) is 11.5 Å². The van der Waals surface area contributed by atoms with Crippen molar-refractivity contribution >= 4 is 29.1 Å². The Hall–Kier alpha value is -3.19. The topological polar surface area (TPSA) is 88.7 Å². The van der Waals surface area contributed by atoms with Gasteiger partial charge in [0.1, 0.15) is 0 Å². The van der Waals surface area contributed by atoms with Crippen LogP contribution in [0.1, 0.15) is 15.9 Å². The molecule has 1 aliphatic heterocycles. The molecule has 0 unspecified atom stereocenters. The second-order valence-corrected chi connectivity index (χ2v) is 5.85. The smallest absolute Gasteiger partial charge is 0.257 e. The molecule has 0 saturated heterocycles. The summed E-state index contributed by atoms with van der Waals surface area (Å²) in [4.78, 5) is 24.0. The zero-order valence-corrected chi connectivity index (χ0v) is 14.4. The van der Waals surface area contributed by atoms with Crippen LogP contribution in [0.5, 0.6) is 11.5 Å². The number of hydrogen-bond donors (Lipinski definition) is 3. The van der Waals surface area contributed by atoms with Crippen molar-refractivity contribution in [1.29, 1.82) is 0 Å². The highest BCUT2D eigenvalue weighted by atomic mass is 35.5. The maximum absolute atomic E-state index is 12.1. The van der Waals surface area contributed by atoms with Crippen molar-refractivity contribution in [2.75, 3.05) is 13.3 Å². The minimum absolute atomic E-state index is 0.131. The highest BCUT2D eigenvalue weighted by molar-refractivity contribution is 6.30. The molecule has 0 bridgehead atoms. The number of nitrogens with one attached hydrogen (secondary N) is 3. The first-order valence-electron chi connectivity index (χ1n) is 7.70. The fourth-order valence-corrected chi connectivity index (χ4v) is 2.34. The fraction of sp³-hybridized carbons (Fsp3) is 0.111. The predicted octanol–water partition coefficient (Wildman–Crippen LogP) is 2.09. The van der Waals surface area contributed by atoms with Gasteiger partial charge in [-0.15, -0.1) is 0 Å². The van der Waals surface area contributed by atoms with Gasteiger partial charge in [-0.2, -0.15) is 0 Å². The Morgan fingerprint density at radius 1 is 1.00 bits per heavy atom. The Labute approximate surface area is 154 Å². The van der Waals surface area contributed by atoms with Gasteiger partial charge < -0.3 is 14.8 Å². The molecule has 0 saturated carbocycles. The summed E-state index contributed by atoms with van der Waals surface area (Å²) in [6, 6.07) is 11.8. The number of amides is 2. The van der Waals surface area contributed by atoms with Crippen molar-refractivity contribution in [3.8, 4) is 11.5 Å². The maximum atomic E-state index is 12.1. The number of fused-ring (bicyclic) bond motifs is 1. The number of hydrazine groups is 1. The van der Waals surface area contributed by atoms with Crippen LogP contribution in [0, 0.1) is 0 Å². The van der Waals surface area contributed by atoms with E-state index in [0.717, 1.165) is 5.56 Å². The van der Waals surface area contributed by atoms with Crippen molar-refractivity contribution in [3.05, 3.63) is 65.2 Å². The Balaban J connectivity index is 1.45. The normalized spacial score (nSPS) is 11.6. The van der Waals surface area contributed by atoms with Crippen LogP contribution in [0.2, 0.25) is 5.02 Å². The van der Waals surface area contributed by atoms with E-state index >= 15 is 0 Å². The minimum Gasteiger partial charge on any atom is -0.454 e. The van der Waals surface area contributed by atoms with Crippen molar-refractivity contribution in [1.82, 2.24) is 16.2 Å². The lowest BCUT2D eigenvalue weighted by molar-refractivity contribution is -0.120. The summed E-state index contributed by atoms with van der Waals surface area (Å²) in [6.45, 7) is 3.75. The first-order chi connectivity index (χ1) is 12.5. The van der Waals surface area contributed by atoms with E-state index in [9.17, 15) is 9.59 Å². The van der Waals surface area contributed by atoms with Gasteiger partial charge in [0.05, 0.1) is 12.2 Å². The van der Waals surface area contributed by atoms with Crippen LogP contribution in [-0.4, -0.2) is 25.2 Å². The lowest BCUT2D eigenvalue weighted by Crippen LogP contribution is -2.42. The molecule has 2 aromatic rings. The molecule has 7 nitrogen and oxygen atoms in total. The van der Waals surface area contributed by atoms with E-state index in [1.165, 1.54) is 0 Å². The Bertz CT molecular complexity index is 852. The molecule has 0 aromatic heterocycles. The van der Waals surface area contributed by atoms with Crippen LogP contribution >= 0.6 is 11.6 Å². The number of ether oxygens (including phenoxy) is 2. The molecular formula is C18H16ClN3O4. The van der Waals surface area contributed by atoms with Gasteiger partial charge in [0.2, 0.25) is 6.79 Å². The number of benzene rings is 2. The summed E-state index contributed by atoms with van der Waals surface area (Å²) in [6.07, 6.45) is 0. The van der Waals surface area contributed by atoms with Crippen molar-refractivity contribution in [2.24, 2.45) is 0 Å². The third kappa shape index (κ3) is 4.25. The third-order valence-electron chi connectivity index (χ3n) is 3.59. The number of halogens is 1. The molecule has 3 rings (SSSR count). The minimum atomic E-state index is -0.422. The van der Waals surface area contributed by atoms with Crippen molar-refractivity contribution < 1.29 is 19.1 Å². The van der Waals surface area contributed by atoms with Gasteiger partial charge in [0, 0.05) is 10.6 Å². The SMILES string of the molecule is C=C(NNC(=O)CNC(=O)c1ccc2c(c1)OCO2)c1ccc(Cl)cc1. The number of hydrogen-bond acceptors (Lipinski definition) is 5. The van der Waals surface area contributed by atoms with E-state index < -0.39 is 11.8 Å². The van der Waals surface area contributed by atoms with E-state index in [1.54, 1.807) is 42.5 Å². The molecule has 2 amide bonds. The average Bonchev–Trinajstić information content (AvgIpc) is 3.12. The lowest BCUT2D eigenvalue weighted by atomic mass is 10.2. The molecule has 1 aliphatic rings. The van der Waals surface area contributed by atoms with Crippen molar-refractivity contribution in [3.63, 3.8) is 0 Å². The van der Waals surface area contributed by atoms with Gasteiger partial charge in [-0.3, -0.25) is 20.4 Å². The molecule has 1 heterocycles. The first kappa shape index (κ1) is 17.6. The van der Waals surface area contributed by atoms with Gasteiger partial charge in [-0.1, -0.05) is 30.3 Å². The summed E-state index contributed by atoms with van der Waals surface area (Å²) >= 11 is 5.82. The highest BCUT2D eigenvalue weighted by Gasteiger charge is 2.16. The van der Waals surface area contributed by atoms with E-state index in [0.29, 0.717) is 27.8 Å². The van der Waals surface area contributed by atoms with E-state index in [4.69, 9.17) is 21.1 Å². The first-order valence-corrected chi connectivity index (χ1v) is 8.08. The van der Waals surface area contributed by atoms with Crippen LogP contribution in [0.25, 0.3) is 5.70 Å². The van der Waals surface area contributed by atoms with Crippen molar-refractivity contribution in [2.45, 2.75) is 0 Å². The van der Waals surface area contributed by atoms with E-state index in [2.05, 4.69) is 22.7 Å². The van der Waals surface area contributed by atoms with Crippen LogP contribution in [0.4, 0.5) is 0 Å². The van der Waals surface area contributed by atoms with Crippen LogP contribution in [0.3, 0.4) is 0 Å². The van der Waals surface area contributed by atoms with Gasteiger partial charge in [0.25, 0.3) is 11.8 Å². The largest absolute Gasteiger partial charge is 0.454 e. The number of carbonyl (C=O) groups excluding carboxylic acids is 2. The Morgan fingerprint density at radius 2 is 1.69 bits per heavy atom. The number of rotatable bonds is 6. The molecule has 0 fully saturated rings. The molecule has 0 radical (unpaired) electrons. The summed E-state index contributed by atoms with van der Waals surface area (Å²) in [7, 11) is 0. The molecule has 0 aliphatic carbocycles. The van der Waals surface area contributed by atoms with Crippen LogP contribution < -0.4 is 25.6 Å². The zero-order valence-electron chi connectivity index (χ0n) is 13.7. The lowest BCUT2D eigenvalue weighted by Gasteiger charge is -2.12. The predicted molar refractivity (Wildman–Crippen MR) is 96.7 cm³/mol.